The maximum atomic E-state index is 12.0. The number of aromatic nitrogens is 5. The molecule has 0 spiro atoms. The molecular weight excluding hydrogens is 290 g/mol. The Morgan fingerprint density at radius 2 is 2.19 bits per heavy atom. The average Bonchev–Trinajstić information content (AvgIpc) is 2.97. The molecule has 0 unspecified atom stereocenters. The predicted molar refractivity (Wildman–Crippen MR) is 75.4 cm³/mol. The highest BCUT2D eigenvalue weighted by Crippen LogP contribution is 2.42. The van der Waals surface area contributed by atoms with E-state index in [-0.39, 0.29) is 17.9 Å². The van der Waals surface area contributed by atoms with E-state index < -0.39 is 0 Å². The molecule has 0 bridgehead atoms. The molecule has 0 atom stereocenters. The monoisotopic (exact) mass is 305 g/mol. The van der Waals surface area contributed by atoms with Crippen LogP contribution in [0.2, 0.25) is 0 Å². The summed E-state index contributed by atoms with van der Waals surface area (Å²) < 4.78 is 1.81. The van der Waals surface area contributed by atoms with Gasteiger partial charge in [0.25, 0.3) is 0 Å². The van der Waals surface area contributed by atoms with Gasteiger partial charge in [-0.15, -0.1) is 15.3 Å². The van der Waals surface area contributed by atoms with Crippen molar-refractivity contribution in [3.63, 3.8) is 0 Å². The van der Waals surface area contributed by atoms with Gasteiger partial charge in [0, 0.05) is 18.0 Å². The van der Waals surface area contributed by atoms with Gasteiger partial charge in [0.05, 0.1) is 12.2 Å². The summed E-state index contributed by atoms with van der Waals surface area (Å²) in [7, 11) is 0. The predicted octanol–water partition coefficient (Wildman–Crippen LogP) is 1.10. The molecule has 0 saturated heterocycles. The molecule has 2 aromatic rings. The molecule has 9 heteroatoms. The number of carbonyl (C=O) groups is 1. The van der Waals surface area contributed by atoms with E-state index in [1.54, 1.807) is 6.20 Å². The number of hydrogen-bond acceptors (Lipinski definition) is 7. The lowest BCUT2D eigenvalue weighted by molar-refractivity contribution is -0.128. The number of carbonyl (C=O) groups excluding carboxylic acids is 1. The van der Waals surface area contributed by atoms with Crippen LogP contribution in [-0.2, 0) is 4.79 Å². The van der Waals surface area contributed by atoms with Crippen LogP contribution < -0.4 is 10.9 Å². The third-order valence-electron chi connectivity index (χ3n) is 3.96. The summed E-state index contributed by atoms with van der Waals surface area (Å²) in [6, 6.07) is 0.284. The fourth-order valence-electron chi connectivity index (χ4n) is 2.43. The maximum Gasteiger partial charge on any atom is 0.241 e. The summed E-state index contributed by atoms with van der Waals surface area (Å²) in [6.45, 7) is 0. The smallest absolute Gasteiger partial charge is 0.241 e. The Morgan fingerprint density at radius 3 is 2.90 bits per heavy atom. The quantitative estimate of drug-likeness (QED) is 0.803. The van der Waals surface area contributed by atoms with Gasteiger partial charge in [0.2, 0.25) is 11.0 Å². The normalized spacial score (nSPS) is 24.4. The first-order valence-corrected chi connectivity index (χ1v) is 7.86. The van der Waals surface area contributed by atoms with E-state index >= 15 is 0 Å². The standard InChI is InChI=1S/C12H15N7OS/c20-10(8-5-9(6-8)19-4-3-13-18-19)14-16-12-17-15-11(21-12)7-1-2-7/h3-4,7-9H,1-2,5-6H2,(H,14,20)(H,16,17). The van der Waals surface area contributed by atoms with E-state index in [2.05, 4.69) is 31.4 Å². The Hall–Kier alpha value is -2.03. The number of amides is 1. The zero-order valence-electron chi connectivity index (χ0n) is 11.3. The minimum atomic E-state index is -0.00506. The van der Waals surface area contributed by atoms with Gasteiger partial charge in [-0.2, -0.15) is 0 Å². The fraction of sp³-hybridized carbons (Fsp3) is 0.583. The topological polar surface area (TPSA) is 97.6 Å². The van der Waals surface area contributed by atoms with Crippen LogP contribution in [0.25, 0.3) is 0 Å². The third kappa shape index (κ3) is 2.60. The van der Waals surface area contributed by atoms with Crippen LogP contribution in [-0.4, -0.2) is 31.1 Å². The van der Waals surface area contributed by atoms with Crippen molar-refractivity contribution < 1.29 is 4.79 Å². The molecule has 1 amide bonds. The molecule has 0 aromatic carbocycles. The second-order valence-corrected chi connectivity index (χ2v) is 6.55. The van der Waals surface area contributed by atoms with Gasteiger partial charge in [-0.25, -0.2) is 4.68 Å². The van der Waals surface area contributed by atoms with E-state index in [1.807, 2.05) is 10.9 Å². The van der Waals surface area contributed by atoms with Gasteiger partial charge in [0.1, 0.15) is 5.01 Å². The molecule has 2 aliphatic rings. The van der Waals surface area contributed by atoms with Gasteiger partial charge in [0.15, 0.2) is 0 Å². The van der Waals surface area contributed by atoms with Crippen LogP contribution >= 0.6 is 11.3 Å². The van der Waals surface area contributed by atoms with Crippen LogP contribution in [0.3, 0.4) is 0 Å². The molecule has 2 aromatic heterocycles. The zero-order chi connectivity index (χ0) is 14.2. The molecule has 2 saturated carbocycles. The van der Waals surface area contributed by atoms with Crippen LogP contribution in [0.4, 0.5) is 5.13 Å². The lowest BCUT2D eigenvalue weighted by Gasteiger charge is -2.33. The van der Waals surface area contributed by atoms with E-state index in [0.29, 0.717) is 11.0 Å². The SMILES string of the molecule is O=C(NNc1nnc(C2CC2)s1)C1CC(n2ccnn2)C1. The van der Waals surface area contributed by atoms with E-state index in [1.165, 1.54) is 24.2 Å². The first-order valence-electron chi connectivity index (χ1n) is 7.04. The highest BCUT2D eigenvalue weighted by Gasteiger charge is 2.36. The summed E-state index contributed by atoms with van der Waals surface area (Å²) in [5.74, 6) is 0.598. The largest absolute Gasteiger partial charge is 0.273 e. The first kappa shape index (κ1) is 12.7. The number of hydrogen-bond donors (Lipinski definition) is 2. The molecule has 8 nitrogen and oxygen atoms in total. The summed E-state index contributed by atoms with van der Waals surface area (Å²) in [5.41, 5.74) is 5.57. The van der Waals surface area contributed by atoms with Crippen molar-refractivity contribution in [1.29, 1.82) is 0 Å². The van der Waals surface area contributed by atoms with Crippen LogP contribution in [0.5, 0.6) is 0 Å². The Bertz CT molecular complexity index is 630. The molecule has 0 aliphatic heterocycles. The van der Waals surface area contributed by atoms with E-state index in [4.69, 9.17) is 0 Å². The van der Waals surface area contributed by atoms with Crippen molar-refractivity contribution in [3.05, 3.63) is 17.4 Å². The van der Waals surface area contributed by atoms with Gasteiger partial charge in [-0.3, -0.25) is 15.6 Å². The summed E-state index contributed by atoms with van der Waals surface area (Å²) in [5, 5.41) is 17.6. The number of hydrazine groups is 1. The molecule has 2 N–H and O–H groups in total. The molecule has 2 heterocycles. The maximum absolute atomic E-state index is 12.0. The molecule has 0 radical (unpaired) electrons. The van der Waals surface area contributed by atoms with Crippen molar-refractivity contribution in [3.8, 4) is 0 Å². The number of anilines is 1. The summed E-state index contributed by atoms with van der Waals surface area (Å²) in [4.78, 5) is 12.0. The minimum Gasteiger partial charge on any atom is -0.273 e. The molecule has 2 fully saturated rings. The number of nitrogens with one attached hydrogen (secondary N) is 2. The van der Waals surface area contributed by atoms with Crippen molar-refractivity contribution in [2.75, 3.05) is 5.43 Å². The highest BCUT2D eigenvalue weighted by atomic mass is 32.1. The van der Waals surface area contributed by atoms with Crippen molar-refractivity contribution in [1.82, 2.24) is 30.6 Å². The van der Waals surface area contributed by atoms with E-state index in [9.17, 15) is 4.79 Å². The fourth-order valence-corrected chi connectivity index (χ4v) is 3.29. The Kier molecular flexibility index (Phi) is 3.06. The Balaban J connectivity index is 1.25. The lowest BCUT2D eigenvalue weighted by atomic mass is 9.80. The minimum absolute atomic E-state index is 0.00506. The number of rotatable bonds is 5. The van der Waals surface area contributed by atoms with Crippen LogP contribution in [0.15, 0.2) is 12.4 Å². The molecule has 21 heavy (non-hydrogen) atoms. The molecule has 2 aliphatic carbocycles. The van der Waals surface area contributed by atoms with Crippen LogP contribution in [0.1, 0.15) is 42.7 Å². The van der Waals surface area contributed by atoms with Crippen molar-refractivity contribution in [2.45, 2.75) is 37.6 Å². The van der Waals surface area contributed by atoms with E-state index in [0.717, 1.165) is 17.8 Å². The highest BCUT2D eigenvalue weighted by molar-refractivity contribution is 7.15. The summed E-state index contributed by atoms with van der Waals surface area (Å²) >= 11 is 1.51. The van der Waals surface area contributed by atoms with Gasteiger partial charge in [-0.05, 0) is 25.7 Å². The first-order chi connectivity index (χ1) is 10.3. The van der Waals surface area contributed by atoms with Gasteiger partial charge < -0.3 is 0 Å². The molecule has 4 rings (SSSR count). The van der Waals surface area contributed by atoms with Crippen molar-refractivity contribution >= 4 is 22.4 Å². The third-order valence-corrected chi connectivity index (χ3v) is 4.96. The molecule has 110 valence electrons. The molecular formula is C12H15N7OS. The lowest BCUT2D eigenvalue weighted by Crippen LogP contribution is -2.42. The van der Waals surface area contributed by atoms with Gasteiger partial charge >= 0.3 is 0 Å². The second kappa shape index (κ2) is 5.06. The van der Waals surface area contributed by atoms with Crippen LogP contribution in [0, 0.1) is 5.92 Å². The zero-order valence-corrected chi connectivity index (χ0v) is 12.1. The Morgan fingerprint density at radius 1 is 1.33 bits per heavy atom. The van der Waals surface area contributed by atoms with Crippen molar-refractivity contribution in [2.24, 2.45) is 5.92 Å². The second-order valence-electron chi connectivity index (χ2n) is 5.54. The number of nitrogens with zero attached hydrogens (tertiary/aromatic N) is 5. The average molecular weight is 305 g/mol. The summed E-state index contributed by atoms with van der Waals surface area (Å²) in [6.07, 6.45) is 7.47. The Labute approximate surface area is 124 Å². The van der Waals surface area contributed by atoms with Gasteiger partial charge in [-0.1, -0.05) is 16.6 Å².